The van der Waals surface area contributed by atoms with Crippen LogP contribution in [0, 0.1) is 25.5 Å². The van der Waals surface area contributed by atoms with Crippen LogP contribution in [0.1, 0.15) is 34.9 Å². The monoisotopic (exact) mass is 383 g/mol. The Morgan fingerprint density at radius 1 is 1.14 bits per heavy atom. The van der Waals surface area contributed by atoms with E-state index in [9.17, 15) is 13.6 Å². The van der Waals surface area contributed by atoms with Crippen molar-refractivity contribution >= 4 is 5.91 Å². The molecule has 1 unspecified atom stereocenters. The Hall–Kier alpha value is -3.09. The molecule has 0 N–H and O–H groups in total. The molecule has 0 saturated carbocycles. The molecule has 0 radical (unpaired) electrons. The summed E-state index contributed by atoms with van der Waals surface area (Å²) < 4.78 is 32.2. The molecule has 1 saturated heterocycles. The highest BCUT2D eigenvalue weighted by Gasteiger charge is 2.34. The highest BCUT2D eigenvalue weighted by atomic mass is 19.1. The van der Waals surface area contributed by atoms with Gasteiger partial charge in [-0.15, -0.1) is 0 Å². The van der Waals surface area contributed by atoms with Crippen molar-refractivity contribution in [1.82, 2.24) is 15.0 Å². The van der Waals surface area contributed by atoms with Crippen LogP contribution < -0.4 is 0 Å². The lowest BCUT2D eigenvalue weighted by Gasteiger charge is -2.16. The van der Waals surface area contributed by atoms with Gasteiger partial charge in [0, 0.05) is 31.1 Å². The molecular formula is C21H19F2N3O2. The molecular weight excluding hydrogens is 364 g/mol. The van der Waals surface area contributed by atoms with Crippen LogP contribution in [0.4, 0.5) is 8.78 Å². The molecule has 1 atom stereocenters. The molecule has 3 aromatic rings. The number of nitrogens with zero attached hydrogens (tertiary/aromatic N) is 3. The van der Waals surface area contributed by atoms with E-state index in [0.717, 1.165) is 22.8 Å². The quantitative estimate of drug-likeness (QED) is 0.679. The molecule has 144 valence electrons. The predicted molar refractivity (Wildman–Crippen MR) is 98.3 cm³/mol. The molecule has 0 aliphatic carbocycles. The Labute approximate surface area is 161 Å². The minimum Gasteiger partial charge on any atom is -0.339 e. The molecule has 5 nitrogen and oxygen atoms in total. The number of benzene rings is 2. The van der Waals surface area contributed by atoms with Crippen LogP contribution in [-0.2, 0) is 11.3 Å². The van der Waals surface area contributed by atoms with E-state index in [1.54, 1.807) is 4.90 Å². The van der Waals surface area contributed by atoms with Crippen LogP contribution in [0.15, 0.2) is 40.9 Å². The molecule has 0 spiro atoms. The number of hydrogen-bond acceptors (Lipinski definition) is 4. The van der Waals surface area contributed by atoms with Gasteiger partial charge in [0.25, 0.3) is 0 Å². The van der Waals surface area contributed by atoms with Gasteiger partial charge < -0.3 is 9.42 Å². The molecule has 1 amide bonds. The first-order chi connectivity index (χ1) is 13.4. The van der Waals surface area contributed by atoms with Crippen LogP contribution in [0.2, 0.25) is 0 Å². The Balaban J connectivity index is 1.50. The smallest absolute Gasteiger partial charge is 0.232 e. The number of amides is 1. The average Bonchev–Trinajstić information content (AvgIpc) is 3.21. The second kappa shape index (κ2) is 7.14. The summed E-state index contributed by atoms with van der Waals surface area (Å²) in [5.41, 5.74) is 3.49. The van der Waals surface area contributed by atoms with Crippen LogP contribution in [0.5, 0.6) is 0 Å². The zero-order valence-electron chi connectivity index (χ0n) is 15.6. The number of hydrogen-bond donors (Lipinski definition) is 0. The number of halogens is 2. The van der Waals surface area contributed by atoms with Gasteiger partial charge in [-0.2, -0.15) is 4.98 Å². The summed E-state index contributed by atoms with van der Waals surface area (Å²) in [5, 5.41) is 4.06. The van der Waals surface area contributed by atoms with Gasteiger partial charge in [0.15, 0.2) is 0 Å². The lowest BCUT2D eigenvalue weighted by molar-refractivity contribution is -0.128. The van der Waals surface area contributed by atoms with E-state index in [4.69, 9.17) is 4.52 Å². The fourth-order valence-electron chi connectivity index (χ4n) is 3.59. The summed E-state index contributed by atoms with van der Waals surface area (Å²) in [6.07, 6.45) is 0.228. The van der Waals surface area contributed by atoms with Gasteiger partial charge in [0.2, 0.25) is 17.6 Å². The zero-order chi connectivity index (χ0) is 19.8. The van der Waals surface area contributed by atoms with Crippen molar-refractivity contribution in [3.8, 4) is 11.4 Å². The number of likely N-dealkylation sites (tertiary alicyclic amines) is 1. The molecule has 4 rings (SSSR count). The predicted octanol–water partition coefficient (Wildman–Crippen LogP) is 4.15. The van der Waals surface area contributed by atoms with Crippen molar-refractivity contribution < 1.29 is 18.1 Å². The molecule has 2 heterocycles. The first-order valence-electron chi connectivity index (χ1n) is 9.03. The minimum absolute atomic E-state index is 0.110. The Bertz CT molecular complexity index is 1030. The van der Waals surface area contributed by atoms with E-state index in [-0.39, 0.29) is 24.8 Å². The summed E-state index contributed by atoms with van der Waals surface area (Å²) in [6.45, 7) is 4.51. The van der Waals surface area contributed by atoms with Gasteiger partial charge in [-0.25, -0.2) is 8.78 Å². The van der Waals surface area contributed by atoms with E-state index >= 15 is 0 Å². The molecule has 2 aromatic carbocycles. The van der Waals surface area contributed by atoms with Crippen LogP contribution >= 0.6 is 0 Å². The fraction of sp³-hybridized carbons (Fsp3) is 0.286. The van der Waals surface area contributed by atoms with Gasteiger partial charge in [0.05, 0.1) is 5.92 Å². The molecule has 1 fully saturated rings. The van der Waals surface area contributed by atoms with E-state index in [1.807, 2.05) is 32.0 Å². The molecule has 1 aliphatic rings. The van der Waals surface area contributed by atoms with E-state index in [0.29, 0.717) is 23.8 Å². The van der Waals surface area contributed by atoms with Crippen molar-refractivity contribution in [3.05, 3.63) is 70.6 Å². The van der Waals surface area contributed by atoms with Gasteiger partial charge in [-0.3, -0.25) is 4.79 Å². The number of carbonyl (C=O) groups excluding carboxylic acids is 1. The Kier molecular flexibility index (Phi) is 4.66. The van der Waals surface area contributed by atoms with Crippen molar-refractivity contribution in [3.63, 3.8) is 0 Å². The molecule has 7 heteroatoms. The number of aromatic nitrogens is 2. The van der Waals surface area contributed by atoms with E-state index in [2.05, 4.69) is 10.1 Å². The van der Waals surface area contributed by atoms with Crippen molar-refractivity contribution in [1.29, 1.82) is 0 Å². The lowest BCUT2D eigenvalue weighted by atomic mass is 10.1. The lowest BCUT2D eigenvalue weighted by Crippen LogP contribution is -2.24. The zero-order valence-corrected chi connectivity index (χ0v) is 15.6. The van der Waals surface area contributed by atoms with Gasteiger partial charge in [-0.05, 0) is 37.1 Å². The average molecular weight is 383 g/mol. The topological polar surface area (TPSA) is 59.2 Å². The number of aryl methyl sites for hydroxylation is 2. The maximum atomic E-state index is 13.4. The first kappa shape index (κ1) is 18.3. The van der Waals surface area contributed by atoms with Crippen LogP contribution in [0.3, 0.4) is 0 Å². The largest absolute Gasteiger partial charge is 0.339 e. The van der Waals surface area contributed by atoms with Crippen LogP contribution in [-0.4, -0.2) is 27.5 Å². The third-order valence-corrected chi connectivity index (χ3v) is 4.92. The summed E-state index contributed by atoms with van der Waals surface area (Å²) >= 11 is 0. The summed E-state index contributed by atoms with van der Waals surface area (Å²) in [4.78, 5) is 18.4. The highest BCUT2D eigenvalue weighted by molar-refractivity contribution is 5.79. The van der Waals surface area contributed by atoms with Crippen molar-refractivity contribution in [2.45, 2.75) is 32.7 Å². The van der Waals surface area contributed by atoms with E-state index in [1.165, 1.54) is 12.1 Å². The number of carbonyl (C=O) groups is 1. The van der Waals surface area contributed by atoms with Crippen molar-refractivity contribution in [2.24, 2.45) is 0 Å². The number of rotatable bonds is 4. The van der Waals surface area contributed by atoms with Crippen molar-refractivity contribution in [2.75, 3.05) is 6.54 Å². The second-order valence-electron chi connectivity index (χ2n) is 7.23. The van der Waals surface area contributed by atoms with Crippen LogP contribution in [0.25, 0.3) is 11.4 Å². The Morgan fingerprint density at radius 2 is 1.89 bits per heavy atom. The third kappa shape index (κ3) is 3.65. The molecule has 28 heavy (non-hydrogen) atoms. The van der Waals surface area contributed by atoms with Gasteiger partial charge >= 0.3 is 0 Å². The maximum Gasteiger partial charge on any atom is 0.232 e. The standard InChI is InChI=1S/C21H19F2N3O2/c1-12-3-4-18(13(2)5-12)20-24-21(28-25-20)15-8-19(27)26(11-15)10-14-6-16(22)9-17(23)7-14/h3-7,9,15H,8,10-11H2,1-2H3. The summed E-state index contributed by atoms with van der Waals surface area (Å²) in [7, 11) is 0. The first-order valence-corrected chi connectivity index (χ1v) is 9.03. The third-order valence-electron chi connectivity index (χ3n) is 4.92. The molecule has 0 bridgehead atoms. The summed E-state index contributed by atoms with van der Waals surface area (Å²) in [5.74, 6) is -0.776. The maximum absolute atomic E-state index is 13.4. The summed E-state index contributed by atoms with van der Waals surface area (Å²) in [6, 6.07) is 9.25. The SMILES string of the molecule is Cc1ccc(-c2noc(C3CC(=O)N(Cc4cc(F)cc(F)c4)C3)n2)c(C)c1. The molecule has 1 aliphatic heterocycles. The fourth-order valence-corrected chi connectivity index (χ4v) is 3.59. The highest BCUT2D eigenvalue weighted by Crippen LogP contribution is 2.30. The second-order valence-corrected chi connectivity index (χ2v) is 7.23. The normalized spacial score (nSPS) is 16.8. The van der Waals surface area contributed by atoms with Gasteiger partial charge in [-0.1, -0.05) is 28.9 Å². The van der Waals surface area contributed by atoms with E-state index < -0.39 is 11.6 Å². The Morgan fingerprint density at radius 3 is 2.61 bits per heavy atom. The molecule has 1 aromatic heterocycles. The van der Waals surface area contributed by atoms with Gasteiger partial charge in [0.1, 0.15) is 11.6 Å². The minimum atomic E-state index is -0.659.